The molecule has 31 heavy (non-hydrogen) atoms. The smallest absolute Gasteiger partial charge is 0.264 e. The summed E-state index contributed by atoms with van der Waals surface area (Å²) in [6, 6.07) is 7.19. The van der Waals surface area contributed by atoms with E-state index < -0.39 is 21.7 Å². The topological polar surface area (TPSA) is 169 Å². The summed E-state index contributed by atoms with van der Waals surface area (Å²) in [6.07, 6.45) is 0. The Labute approximate surface area is 182 Å². The first-order chi connectivity index (χ1) is 14.5. The average molecular weight is 458 g/mol. The van der Waals surface area contributed by atoms with Crippen molar-refractivity contribution in [2.75, 3.05) is 11.5 Å². The van der Waals surface area contributed by atoms with Crippen molar-refractivity contribution in [2.45, 2.75) is 31.6 Å². The second-order valence-electron chi connectivity index (χ2n) is 7.09. The third-order valence-corrected chi connectivity index (χ3v) is 7.09. The van der Waals surface area contributed by atoms with E-state index in [0.717, 1.165) is 18.3 Å². The van der Waals surface area contributed by atoms with Gasteiger partial charge in [0.15, 0.2) is 0 Å². The highest BCUT2D eigenvalue weighted by molar-refractivity contribution is 7.90. The predicted octanol–water partition coefficient (Wildman–Crippen LogP) is 2.51. The van der Waals surface area contributed by atoms with Crippen LogP contribution in [0.3, 0.4) is 0 Å². The summed E-state index contributed by atoms with van der Waals surface area (Å²) < 4.78 is 26.0. The number of hydrogen-bond acceptors (Lipinski definition) is 9. The molecule has 11 heteroatoms. The molecule has 0 saturated carbocycles. The van der Waals surface area contributed by atoms with Crippen LogP contribution < -0.4 is 16.2 Å². The highest BCUT2D eigenvalue weighted by Gasteiger charge is 2.25. The van der Waals surface area contributed by atoms with Crippen molar-refractivity contribution in [1.29, 1.82) is 5.26 Å². The zero-order chi connectivity index (χ0) is 23.1. The molecule has 0 unspecified atom stereocenters. The molecule has 9 nitrogen and oxygen atoms in total. The van der Waals surface area contributed by atoms with Crippen LogP contribution in [-0.4, -0.2) is 25.1 Å². The van der Waals surface area contributed by atoms with E-state index in [-0.39, 0.29) is 38.3 Å². The Bertz CT molecular complexity index is 1370. The molecule has 2 heterocycles. The van der Waals surface area contributed by atoms with Gasteiger partial charge in [-0.2, -0.15) is 5.26 Å². The van der Waals surface area contributed by atoms with Gasteiger partial charge in [0, 0.05) is 17.9 Å². The van der Waals surface area contributed by atoms with E-state index in [1.54, 1.807) is 0 Å². The van der Waals surface area contributed by atoms with Gasteiger partial charge in [0.05, 0.1) is 16.1 Å². The standard InChI is InChI=1S/C20H19N5O4S2/c1-9(2)14-13(8-21)19(23)24-20-15(14)16(22)18(30-20)17(27)11-4-6-12(7-5-11)31(28,29)25-10(3)26/h4-7,9H,22H2,1-3H3,(H2,23,24)(H,25,26). The molecule has 0 bridgehead atoms. The number of nitrogens with two attached hydrogens (primary N) is 2. The molecule has 0 fully saturated rings. The molecule has 0 aliphatic heterocycles. The first-order valence-corrected chi connectivity index (χ1v) is 11.4. The zero-order valence-electron chi connectivity index (χ0n) is 16.9. The van der Waals surface area contributed by atoms with Gasteiger partial charge in [0.25, 0.3) is 10.0 Å². The van der Waals surface area contributed by atoms with E-state index in [0.29, 0.717) is 15.8 Å². The molecule has 5 N–H and O–H groups in total. The van der Waals surface area contributed by atoms with Crippen molar-refractivity contribution < 1.29 is 18.0 Å². The number of ketones is 1. The van der Waals surface area contributed by atoms with Crippen LogP contribution in [0.5, 0.6) is 0 Å². The average Bonchev–Trinajstić information content (AvgIpc) is 3.01. The number of sulfonamides is 1. The molecule has 2 aromatic heterocycles. The van der Waals surface area contributed by atoms with Gasteiger partial charge in [-0.05, 0) is 35.7 Å². The van der Waals surface area contributed by atoms with E-state index in [2.05, 4.69) is 11.1 Å². The SMILES string of the molecule is CC(=O)NS(=O)(=O)c1ccc(C(=O)c2sc3nc(N)c(C#N)c(C(C)C)c3c2N)cc1. The fourth-order valence-corrected chi connectivity index (χ4v) is 5.30. The number of carbonyl (C=O) groups excluding carboxylic acids is 2. The van der Waals surface area contributed by atoms with Crippen LogP contribution in [0.1, 0.15) is 53.1 Å². The number of nitrogens with one attached hydrogen (secondary N) is 1. The van der Waals surface area contributed by atoms with E-state index in [9.17, 15) is 23.3 Å². The molecular formula is C20H19N5O4S2. The van der Waals surface area contributed by atoms with Crippen molar-refractivity contribution in [1.82, 2.24) is 9.71 Å². The van der Waals surface area contributed by atoms with Crippen LogP contribution in [0.25, 0.3) is 10.2 Å². The number of rotatable bonds is 5. The van der Waals surface area contributed by atoms with Crippen LogP contribution >= 0.6 is 11.3 Å². The monoisotopic (exact) mass is 457 g/mol. The van der Waals surface area contributed by atoms with Crippen molar-refractivity contribution >= 4 is 54.8 Å². The number of nitriles is 1. The Hall–Kier alpha value is -3.49. The lowest BCUT2D eigenvalue weighted by molar-refractivity contribution is -0.117. The van der Waals surface area contributed by atoms with Crippen molar-refractivity contribution in [2.24, 2.45) is 0 Å². The molecule has 0 aliphatic rings. The summed E-state index contributed by atoms with van der Waals surface area (Å²) >= 11 is 1.06. The lowest BCUT2D eigenvalue weighted by atomic mass is 9.94. The van der Waals surface area contributed by atoms with Gasteiger partial charge < -0.3 is 11.5 Å². The number of anilines is 2. The van der Waals surface area contributed by atoms with Crippen LogP contribution in [-0.2, 0) is 14.8 Å². The number of thiophene rings is 1. The van der Waals surface area contributed by atoms with Gasteiger partial charge in [0.1, 0.15) is 21.6 Å². The molecule has 160 valence electrons. The van der Waals surface area contributed by atoms with Crippen LogP contribution in [0.2, 0.25) is 0 Å². The number of pyridine rings is 1. The number of nitrogens with zero attached hydrogens (tertiary/aromatic N) is 2. The molecule has 0 saturated heterocycles. The molecule has 1 amide bonds. The van der Waals surface area contributed by atoms with Crippen LogP contribution in [0.4, 0.5) is 11.5 Å². The van der Waals surface area contributed by atoms with Gasteiger partial charge in [-0.15, -0.1) is 11.3 Å². The first kappa shape index (κ1) is 22.2. The molecule has 0 spiro atoms. The molecule has 0 atom stereocenters. The summed E-state index contributed by atoms with van der Waals surface area (Å²) in [5.74, 6) is -1.15. The predicted molar refractivity (Wildman–Crippen MR) is 118 cm³/mol. The van der Waals surface area contributed by atoms with Gasteiger partial charge in [-0.1, -0.05) is 13.8 Å². The first-order valence-electron chi connectivity index (χ1n) is 9.07. The third-order valence-electron chi connectivity index (χ3n) is 4.54. The van der Waals surface area contributed by atoms with E-state index in [4.69, 9.17) is 11.5 Å². The fourth-order valence-electron chi connectivity index (χ4n) is 3.23. The highest BCUT2D eigenvalue weighted by Crippen LogP contribution is 2.41. The summed E-state index contributed by atoms with van der Waals surface area (Å²) in [6.45, 7) is 4.87. The number of fused-ring (bicyclic) bond motifs is 1. The Kier molecular flexibility index (Phi) is 5.71. The zero-order valence-corrected chi connectivity index (χ0v) is 18.5. The minimum absolute atomic E-state index is 0.0754. The quantitative estimate of drug-likeness (QED) is 0.491. The number of hydrogen-bond donors (Lipinski definition) is 3. The van der Waals surface area contributed by atoms with Crippen LogP contribution in [0.15, 0.2) is 29.2 Å². The molecule has 0 aliphatic carbocycles. The maximum Gasteiger partial charge on any atom is 0.264 e. The molecule has 3 rings (SSSR count). The number of aromatic nitrogens is 1. The fraction of sp³-hybridized carbons (Fsp3) is 0.200. The maximum atomic E-state index is 13.1. The summed E-state index contributed by atoms with van der Waals surface area (Å²) in [5.41, 5.74) is 13.5. The normalized spacial score (nSPS) is 11.5. The third kappa shape index (κ3) is 3.95. The lowest BCUT2D eigenvalue weighted by Crippen LogP contribution is -2.28. The van der Waals surface area contributed by atoms with E-state index in [1.807, 2.05) is 18.6 Å². The van der Waals surface area contributed by atoms with Crippen molar-refractivity contribution in [3.8, 4) is 6.07 Å². The van der Waals surface area contributed by atoms with Gasteiger partial charge >= 0.3 is 0 Å². The number of carbonyl (C=O) groups is 2. The Morgan fingerprint density at radius 1 is 1.19 bits per heavy atom. The van der Waals surface area contributed by atoms with E-state index >= 15 is 0 Å². The van der Waals surface area contributed by atoms with Crippen LogP contribution in [0, 0.1) is 11.3 Å². The van der Waals surface area contributed by atoms with Gasteiger partial charge in [0.2, 0.25) is 11.7 Å². The largest absolute Gasteiger partial charge is 0.397 e. The molecular weight excluding hydrogens is 438 g/mol. The molecule has 0 radical (unpaired) electrons. The highest BCUT2D eigenvalue weighted by atomic mass is 32.2. The summed E-state index contributed by atoms with van der Waals surface area (Å²) in [7, 11) is -4.01. The Morgan fingerprint density at radius 3 is 2.32 bits per heavy atom. The Balaban J connectivity index is 2.10. The number of nitrogen functional groups attached to an aromatic ring is 2. The minimum atomic E-state index is -4.01. The maximum absolute atomic E-state index is 13.1. The number of benzene rings is 1. The van der Waals surface area contributed by atoms with Crippen molar-refractivity contribution in [3.63, 3.8) is 0 Å². The van der Waals surface area contributed by atoms with Crippen molar-refractivity contribution in [3.05, 3.63) is 45.8 Å². The lowest BCUT2D eigenvalue weighted by Gasteiger charge is -2.12. The minimum Gasteiger partial charge on any atom is -0.397 e. The molecule has 1 aromatic carbocycles. The molecule has 3 aromatic rings. The summed E-state index contributed by atoms with van der Waals surface area (Å²) in [4.78, 5) is 28.9. The number of amides is 1. The van der Waals surface area contributed by atoms with E-state index in [1.165, 1.54) is 24.3 Å². The van der Waals surface area contributed by atoms with Gasteiger partial charge in [-0.3, -0.25) is 9.59 Å². The van der Waals surface area contributed by atoms with Gasteiger partial charge in [-0.25, -0.2) is 18.1 Å². The second-order valence-corrected chi connectivity index (χ2v) is 9.77. The second kappa shape index (κ2) is 7.98. The Morgan fingerprint density at radius 2 is 1.81 bits per heavy atom. The summed E-state index contributed by atoms with van der Waals surface area (Å²) in [5, 5.41) is 10.0.